The largest absolute Gasteiger partial charge is 0.336 e. The van der Waals surface area contributed by atoms with E-state index in [0.717, 1.165) is 16.6 Å². The molecule has 0 aliphatic carbocycles. The van der Waals surface area contributed by atoms with Gasteiger partial charge in [0.15, 0.2) is 5.65 Å². The average Bonchev–Trinajstić information content (AvgIpc) is 3.36. The number of sulfonamides is 1. The molecule has 0 spiro atoms. The highest BCUT2D eigenvalue weighted by molar-refractivity contribution is 7.92. The Labute approximate surface area is 246 Å². The monoisotopic (exact) mass is 609 g/mol. The van der Waals surface area contributed by atoms with Crippen molar-refractivity contribution in [2.45, 2.75) is 51.1 Å². The Morgan fingerprint density at radius 1 is 1.00 bits per heavy atom. The van der Waals surface area contributed by atoms with E-state index in [4.69, 9.17) is 11.6 Å². The second kappa shape index (κ2) is 11.9. The Balaban J connectivity index is 1.44. The van der Waals surface area contributed by atoms with Crippen molar-refractivity contribution in [3.63, 3.8) is 0 Å². The summed E-state index contributed by atoms with van der Waals surface area (Å²) in [6, 6.07) is 17.6. The molecule has 218 valence electrons. The molecule has 0 aliphatic rings. The Kier molecular flexibility index (Phi) is 8.33. The van der Waals surface area contributed by atoms with Gasteiger partial charge >= 0.3 is 5.69 Å². The lowest BCUT2D eigenvalue weighted by atomic mass is 10.1. The van der Waals surface area contributed by atoms with Gasteiger partial charge in [0, 0.05) is 24.2 Å². The molecule has 0 bridgehead atoms. The van der Waals surface area contributed by atoms with Crippen LogP contribution in [0.25, 0.3) is 11.2 Å². The van der Waals surface area contributed by atoms with Crippen molar-refractivity contribution in [3.8, 4) is 0 Å². The van der Waals surface area contributed by atoms with Crippen molar-refractivity contribution in [1.29, 1.82) is 0 Å². The third-order valence-electron chi connectivity index (χ3n) is 6.94. The van der Waals surface area contributed by atoms with Gasteiger partial charge < -0.3 is 4.98 Å². The summed E-state index contributed by atoms with van der Waals surface area (Å²) >= 11 is 6.15. The van der Waals surface area contributed by atoms with Gasteiger partial charge in [-0.05, 0) is 48.7 Å². The summed E-state index contributed by atoms with van der Waals surface area (Å²) < 4.78 is 45.3. The summed E-state index contributed by atoms with van der Waals surface area (Å²) in [7, 11) is -3.91. The molecule has 0 aliphatic heterocycles. The first-order valence-corrected chi connectivity index (χ1v) is 15.3. The molecule has 2 aromatic heterocycles. The highest BCUT2D eigenvalue weighted by atomic mass is 35.5. The van der Waals surface area contributed by atoms with Crippen LogP contribution in [0.15, 0.2) is 81.2 Å². The van der Waals surface area contributed by atoms with Crippen LogP contribution in [0.3, 0.4) is 0 Å². The van der Waals surface area contributed by atoms with Gasteiger partial charge in [-0.15, -0.1) is 0 Å². The van der Waals surface area contributed by atoms with Crippen molar-refractivity contribution in [1.82, 2.24) is 19.1 Å². The fourth-order valence-electron chi connectivity index (χ4n) is 4.80. The molecule has 2 heterocycles. The Hall–Kier alpha value is -4.22. The van der Waals surface area contributed by atoms with E-state index in [2.05, 4.69) is 14.7 Å². The number of nitrogens with zero attached hydrogens (tertiary/aromatic N) is 3. The lowest BCUT2D eigenvalue weighted by molar-refractivity contribution is 0.553. The molecule has 0 amide bonds. The summed E-state index contributed by atoms with van der Waals surface area (Å²) in [4.78, 5) is 34.4. The van der Waals surface area contributed by atoms with Gasteiger partial charge in [0.05, 0.1) is 11.6 Å². The third-order valence-corrected chi connectivity index (χ3v) is 8.95. The van der Waals surface area contributed by atoms with E-state index in [1.54, 1.807) is 61.5 Å². The minimum Gasteiger partial charge on any atom is -0.336 e. The van der Waals surface area contributed by atoms with Crippen molar-refractivity contribution < 1.29 is 12.8 Å². The number of hydrogen-bond acceptors (Lipinski definition) is 5. The van der Waals surface area contributed by atoms with Crippen LogP contribution in [0.4, 0.5) is 10.1 Å². The smallest absolute Gasteiger partial charge is 0.333 e. The van der Waals surface area contributed by atoms with Gasteiger partial charge in [-0.1, -0.05) is 67.4 Å². The number of anilines is 1. The molecule has 0 unspecified atom stereocenters. The Morgan fingerprint density at radius 2 is 1.74 bits per heavy atom. The van der Waals surface area contributed by atoms with Crippen molar-refractivity contribution >= 4 is 38.5 Å². The second-order valence-electron chi connectivity index (χ2n) is 10.0. The molecule has 0 fully saturated rings. The number of halogens is 2. The summed E-state index contributed by atoms with van der Waals surface area (Å²) in [5.41, 5.74) is 1.19. The average molecular weight is 610 g/mol. The molecule has 3 aromatic carbocycles. The van der Waals surface area contributed by atoms with E-state index >= 15 is 0 Å². The second-order valence-corrected chi connectivity index (χ2v) is 12.0. The molecular weight excluding hydrogens is 581 g/mol. The topological polar surface area (TPSA) is 119 Å². The molecule has 0 radical (unpaired) electrons. The Bertz CT molecular complexity index is 1980. The van der Waals surface area contributed by atoms with Crippen molar-refractivity contribution in [2.75, 3.05) is 4.72 Å². The van der Waals surface area contributed by atoms with Crippen LogP contribution < -0.4 is 16.0 Å². The molecule has 12 heteroatoms. The number of unbranched alkanes of at least 4 members (excludes halogenated alkanes) is 1. The van der Waals surface area contributed by atoms with Crippen LogP contribution in [0.1, 0.15) is 42.3 Å². The van der Waals surface area contributed by atoms with E-state index in [0.29, 0.717) is 36.5 Å². The first-order chi connectivity index (χ1) is 20.1. The first kappa shape index (κ1) is 29.3. The van der Waals surface area contributed by atoms with Gasteiger partial charge in [-0.25, -0.2) is 22.6 Å². The fourth-order valence-corrected chi connectivity index (χ4v) is 6.69. The highest BCUT2D eigenvalue weighted by Gasteiger charge is 2.21. The van der Waals surface area contributed by atoms with Crippen LogP contribution in [0.2, 0.25) is 5.02 Å². The minimum atomic E-state index is -3.91. The zero-order valence-electron chi connectivity index (χ0n) is 23.0. The van der Waals surface area contributed by atoms with Crippen LogP contribution in [0, 0.1) is 12.7 Å². The fraction of sp³-hybridized carbons (Fsp3) is 0.233. The van der Waals surface area contributed by atoms with Crippen LogP contribution in [-0.2, 0) is 29.5 Å². The SMILES string of the molecule is CCCCn1c(=O)n(Cc2ccccc2F)c(=O)c2[nH]c(Cc3ccc(NS(=O)(=O)c4c(C)cccc4Cl)cc3)nc21. The normalized spacial score (nSPS) is 11.7. The predicted octanol–water partition coefficient (Wildman–Crippen LogP) is 5.23. The van der Waals surface area contributed by atoms with Gasteiger partial charge in [-0.2, -0.15) is 0 Å². The number of benzene rings is 3. The number of hydrogen-bond donors (Lipinski definition) is 2. The summed E-state index contributed by atoms with van der Waals surface area (Å²) in [5.74, 6) is -0.0440. The third kappa shape index (κ3) is 5.88. The maximum atomic E-state index is 14.4. The maximum absolute atomic E-state index is 14.4. The number of nitrogens with one attached hydrogen (secondary N) is 2. The zero-order chi connectivity index (χ0) is 30.0. The molecule has 0 atom stereocenters. The van der Waals surface area contributed by atoms with Crippen LogP contribution in [0.5, 0.6) is 0 Å². The summed E-state index contributed by atoms with van der Waals surface area (Å²) in [6.45, 7) is 3.82. The van der Waals surface area contributed by atoms with E-state index in [-0.39, 0.29) is 33.2 Å². The molecule has 5 aromatic rings. The van der Waals surface area contributed by atoms with Crippen LogP contribution in [-0.4, -0.2) is 27.5 Å². The maximum Gasteiger partial charge on any atom is 0.333 e. The molecular formula is C30H29ClFN5O4S. The molecule has 0 saturated carbocycles. The molecule has 42 heavy (non-hydrogen) atoms. The van der Waals surface area contributed by atoms with Gasteiger partial charge in [-0.3, -0.25) is 18.7 Å². The number of rotatable bonds is 10. The van der Waals surface area contributed by atoms with Gasteiger partial charge in [0.2, 0.25) is 0 Å². The molecule has 9 nitrogen and oxygen atoms in total. The van der Waals surface area contributed by atoms with Crippen molar-refractivity contribution in [2.24, 2.45) is 0 Å². The van der Waals surface area contributed by atoms with E-state index in [1.807, 2.05) is 6.92 Å². The quantitative estimate of drug-likeness (QED) is 0.225. The van der Waals surface area contributed by atoms with Crippen molar-refractivity contribution in [3.05, 3.63) is 121 Å². The van der Waals surface area contributed by atoms with Gasteiger partial charge in [0.1, 0.15) is 22.1 Å². The van der Waals surface area contributed by atoms with E-state index in [9.17, 15) is 22.4 Å². The minimum absolute atomic E-state index is 0.0211. The Morgan fingerprint density at radius 3 is 2.43 bits per heavy atom. The standard InChI is InChI=1S/C30H29ClFN5O4S/c1-3-4-16-36-28-26(29(38)37(30(36)39)18-21-9-5-6-11-24(21)32)33-25(34-28)17-20-12-14-22(15-13-20)35-42(40,41)27-19(2)8-7-10-23(27)31/h5-15,35H,3-4,16-18H2,1-2H3,(H,33,34). The number of aromatic amines is 1. The van der Waals surface area contributed by atoms with E-state index < -0.39 is 27.1 Å². The summed E-state index contributed by atoms with van der Waals surface area (Å²) in [5, 5.41) is 0.134. The number of aromatic nitrogens is 4. The number of fused-ring (bicyclic) bond motifs is 1. The number of imidazole rings is 1. The number of aryl methyl sites for hydroxylation is 2. The van der Waals surface area contributed by atoms with Gasteiger partial charge in [0.25, 0.3) is 15.6 Å². The summed E-state index contributed by atoms with van der Waals surface area (Å²) in [6.07, 6.45) is 1.81. The molecule has 5 rings (SSSR count). The molecule has 0 saturated heterocycles. The van der Waals surface area contributed by atoms with Crippen LogP contribution >= 0.6 is 11.6 Å². The number of H-pyrrole nitrogens is 1. The molecule has 2 N–H and O–H groups in total. The zero-order valence-corrected chi connectivity index (χ0v) is 24.6. The lowest BCUT2D eigenvalue weighted by Gasteiger charge is -2.12. The first-order valence-electron chi connectivity index (χ1n) is 13.4. The highest BCUT2D eigenvalue weighted by Crippen LogP contribution is 2.27. The lowest BCUT2D eigenvalue weighted by Crippen LogP contribution is -2.40. The predicted molar refractivity (Wildman–Crippen MR) is 161 cm³/mol. The van der Waals surface area contributed by atoms with E-state index in [1.165, 1.54) is 16.7 Å².